The molecule has 0 bridgehead atoms. The molecule has 0 aliphatic carbocycles. The third-order valence-corrected chi connectivity index (χ3v) is 5.78. The Morgan fingerprint density at radius 3 is 2.57 bits per heavy atom. The predicted molar refractivity (Wildman–Crippen MR) is 104 cm³/mol. The van der Waals surface area contributed by atoms with Crippen molar-refractivity contribution in [3.05, 3.63) is 59.2 Å². The molecule has 1 aromatic heterocycles. The number of carbonyl (C=O) groups is 2. The fourth-order valence-electron chi connectivity index (χ4n) is 3.90. The highest BCUT2D eigenvalue weighted by Crippen LogP contribution is 2.46. The van der Waals surface area contributed by atoms with E-state index in [2.05, 4.69) is 15.3 Å². The summed E-state index contributed by atoms with van der Waals surface area (Å²) < 4.78 is 0. The highest BCUT2D eigenvalue weighted by Gasteiger charge is 2.54. The van der Waals surface area contributed by atoms with E-state index in [1.54, 1.807) is 26.4 Å². The molecule has 7 nitrogen and oxygen atoms in total. The summed E-state index contributed by atoms with van der Waals surface area (Å²) in [6, 6.07) is 7.50. The number of nitrogens with one attached hydrogen (secondary N) is 1. The first kappa shape index (κ1) is 19.9. The molecule has 3 atom stereocenters. The van der Waals surface area contributed by atoms with Gasteiger partial charge in [0.2, 0.25) is 5.91 Å². The second-order valence-electron chi connectivity index (χ2n) is 7.67. The number of carboxylic acid groups (broad SMARTS) is 1. The minimum absolute atomic E-state index is 0.174. The van der Waals surface area contributed by atoms with E-state index in [-0.39, 0.29) is 24.9 Å². The Kier molecular flexibility index (Phi) is 5.47. The molecule has 28 heavy (non-hydrogen) atoms. The number of likely N-dealkylation sites (N-methyl/N-ethyl adjacent to an activating group) is 1. The van der Waals surface area contributed by atoms with Crippen LogP contribution in [0.4, 0.5) is 0 Å². The summed E-state index contributed by atoms with van der Waals surface area (Å²) in [7, 11) is 1.78. The van der Waals surface area contributed by atoms with E-state index in [0.717, 1.165) is 16.8 Å². The van der Waals surface area contributed by atoms with Crippen LogP contribution in [-0.4, -0.2) is 44.4 Å². The monoisotopic (exact) mass is 382 g/mol. The molecule has 1 amide bonds. The molecule has 3 rings (SSSR count). The van der Waals surface area contributed by atoms with Crippen LogP contribution in [-0.2, 0) is 16.1 Å². The topological polar surface area (TPSA) is 95.4 Å². The molecule has 1 saturated heterocycles. The number of amides is 1. The maximum atomic E-state index is 13.1. The van der Waals surface area contributed by atoms with E-state index >= 15 is 0 Å². The Hall–Kier alpha value is -2.80. The first-order valence-electron chi connectivity index (χ1n) is 9.31. The molecule has 1 aromatic carbocycles. The summed E-state index contributed by atoms with van der Waals surface area (Å²) in [6.07, 6.45) is 3.53. The number of aromatic nitrogens is 2. The zero-order valence-corrected chi connectivity index (χ0v) is 16.6. The normalized spacial score (nSPS) is 24.9. The van der Waals surface area contributed by atoms with Gasteiger partial charge in [-0.2, -0.15) is 0 Å². The average molecular weight is 382 g/mol. The number of benzene rings is 1. The van der Waals surface area contributed by atoms with Crippen LogP contribution in [0.3, 0.4) is 0 Å². The molecule has 7 heteroatoms. The minimum atomic E-state index is -1.11. The van der Waals surface area contributed by atoms with E-state index in [1.165, 1.54) is 0 Å². The molecule has 1 aliphatic rings. The van der Waals surface area contributed by atoms with Crippen molar-refractivity contribution in [3.63, 3.8) is 0 Å². The van der Waals surface area contributed by atoms with Crippen LogP contribution in [0.15, 0.2) is 36.7 Å². The van der Waals surface area contributed by atoms with Crippen molar-refractivity contribution in [2.24, 2.45) is 5.92 Å². The highest BCUT2D eigenvalue weighted by atomic mass is 16.4. The largest absolute Gasteiger partial charge is 0.480 e. The van der Waals surface area contributed by atoms with Gasteiger partial charge in [-0.3, -0.25) is 24.5 Å². The molecule has 0 unspecified atom stereocenters. The molecule has 148 valence electrons. The lowest BCUT2D eigenvalue weighted by atomic mass is 9.88. The van der Waals surface area contributed by atoms with E-state index in [0.29, 0.717) is 5.69 Å². The van der Waals surface area contributed by atoms with E-state index in [4.69, 9.17) is 0 Å². The number of aryl methyl sites for hydroxylation is 2. The smallest absolute Gasteiger partial charge is 0.323 e. The van der Waals surface area contributed by atoms with Crippen LogP contribution in [0.1, 0.15) is 41.9 Å². The number of nitrogens with zero attached hydrogens (tertiary/aromatic N) is 3. The van der Waals surface area contributed by atoms with Gasteiger partial charge in [0.25, 0.3) is 0 Å². The van der Waals surface area contributed by atoms with Gasteiger partial charge in [0.05, 0.1) is 30.0 Å². The Morgan fingerprint density at radius 1 is 1.25 bits per heavy atom. The summed E-state index contributed by atoms with van der Waals surface area (Å²) in [4.78, 5) is 35.3. The Morgan fingerprint density at radius 2 is 1.96 bits per heavy atom. The summed E-state index contributed by atoms with van der Waals surface area (Å²) >= 11 is 0. The summed E-state index contributed by atoms with van der Waals surface area (Å²) in [6.45, 7) is 5.77. The molecule has 2 N–H and O–H groups in total. The summed E-state index contributed by atoms with van der Waals surface area (Å²) in [5.74, 6) is -1.58. The lowest BCUT2D eigenvalue weighted by Gasteiger charge is -2.32. The number of hydrogen-bond acceptors (Lipinski definition) is 5. The van der Waals surface area contributed by atoms with E-state index in [1.807, 2.05) is 43.0 Å². The first-order valence-corrected chi connectivity index (χ1v) is 9.31. The van der Waals surface area contributed by atoms with Crippen LogP contribution in [0.25, 0.3) is 0 Å². The number of likely N-dealkylation sites (tertiary alicyclic amines) is 1. The molecular weight excluding hydrogens is 356 g/mol. The van der Waals surface area contributed by atoms with Gasteiger partial charge in [-0.1, -0.05) is 24.3 Å². The van der Waals surface area contributed by atoms with Crippen molar-refractivity contribution in [2.75, 3.05) is 7.05 Å². The van der Waals surface area contributed by atoms with Crippen molar-refractivity contribution < 1.29 is 14.7 Å². The summed E-state index contributed by atoms with van der Waals surface area (Å²) in [5.41, 5.74) is 2.38. The number of rotatable bonds is 5. The number of carboxylic acids is 1. The summed E-state index contributed by atoms with van der Waals surface area (Å²) in [5, 5.41) is 12.7. The fourth-order valence-corrected chi connectivity index (χ4v) is 3.90. The van der Waals surface area contributed by atoms with Crippen molar-refractivity contribution in [1.82, 2.24) is 20.2 Å². The number of hydrogen-bond donors (Lipinski definition) is 2. The molecule has 0 saturated carbocycles. The SMILES string of the molecule is Cc1cnc(CNC(=O)[C@H]2C[C@@](C)(C(=O)O)N(C)[C@H]2c2ccccc2C)cn1. The van der Waals surface area contributed by atoms with Crippen molar-refractivity contribution in [1.29, 1.82) is 0 Å². The Balaban J connectivity index is 1.87. The Bertz CT molecular complexity index is 883. The second kappa shape index (κ2) is 7.67. The third kappa shape index (κ3) is 3.62. The van der Waals surface area contributed by atoms with E-state index < -0.39 is 17.4 Å². The molecule has 2 aromatic rings. The number of aliphatic carboxylic acids is 1. The van der Waals surface area contributed by atoms with Crippen LogP contribution in [0, 0.1) is 19.8 Å². The van der Waals surface area contributed by atoms with Gasteiger partial charge >= 0.3 is 5.97 Å². The van der Waals surface area contributed by atoms with Crippen molar-refractivity contribution >= 4 is 11.9 Å². The van der Waals surface area contributed by atoms with Gasteiger partial charge in [-0.15, -0.1) is 0 Å². The fraction of sp³-hybridized carbons (Fsp3) is 0.429. The zero-order valence-electron chi connectivity index (χ0n) is 16.6. The van der Waals surface area contributed by atoms with Gasteiger partial charge in [-0.05, 0) is 45.4 Å². The standard InChI is InChI=1S/C21H26N4O3/c1-13-7-5-6-8-16(13)18-17(9-21(3,20(27)28)25(18)4)19(26)24-12-15-11-22-14(2)10-23-15/h5-8,10-11,17-18H,9,12H2,1-4H3,(H,24,26)(H,27,28)/t17-,18-,21-/m0/s1. The lowest BCUT2D eigenvalue weighted by Crippen LogP contribution is -2.46. The van der Waals surface area contributed by atoms with Crippen LogP contribution in [0.2, 0.25) is 0 Å². The third-order valence-electron chi connectivity index (χ3n) is 5.78. The van der Waals surface area contributed by atoms with Crippen molar-refractivity contribution in [2.45, 2.75) is 45.3 Å². The maximum absolute atomic E-state index is 13.1. The molecule has 0 spiro atoms. The van der Waals surface area contributed by atoms with Crippen LogP contribution in [0.5, 0.6) is 0 Å². The van der Waals surface area contributed by atoms with Gasteiger partial charge in [0.1, 0.15) is 5.54 Å². The predicted octanol–water partition coefficient (Wildman–Crippen LogP) is 2.25. The lowest BCUT2D eigenvalue weighted by molar-refractivity contribution is -0.148. The number of carbonyl (C=O) groups excluding carboxylic acids is 1. The molecule has 1 fully saturated rings. The average Bonchev–Trinajstić information content (AvgIpc) is 2.94. The zero-order chi connectivity index (χ0) is 20.5. The molecular formula is C21H26N4O3. The Labute approximate surface area is 164 Å². The molecule has 2 heterocycles. The highest BCUT2D eigenvalue weighted by molar-refractivity contribution is 5.85. The maximum Gasteiger partial charge on any atom is 0.323 e. The van der Waals surface area contributed by atoms with Crippen LogP contribution < -0.4 is 5.32 Å². The minimum Gasteiger partial charge on any atom is -0.480 e. The van der Waals surface area contributed by atoms with Crippen LogP contribution >= 0.6 is 0 Å². The first-order chi connectivity index (χ1) is 13.2. The van der Waals surface area contributed by atoms with Crippen molar-refractivity contribution in [3.8, 4) is 0 Å². The van der Waals surface area contributed by atoms with E-state index in [9.17, 15) is 14.7 Å². The van der Waals surface area contributed by atoms with Gasteiger partial charge < -0.3 is 10.4 Å². The molecule has 0 radical (unpaired) electrons. The second-order valence-corrected chi connectivity index (χ2v) is 7.67. The quantitative estimate of drug-likeness (QED) is 0.823. The molecule has 1 aliphatic heterocycles. The van der Waals surface area contributed by atoms with Gasteiger partial charge in [0.15, 0.2) is 0 Å². The van der Waals surface area contributed by atoms with Gasteiger partial charge in [0, 0.05) is 12.2 Å². The van der Waals surface area contributed by atoms with Gasteiger partial charge in [-0.25, -0.2) is 0 Å².